The molecule has 20 heavy (non-hydrogen) atoms. The van der Waals surface area contributed by atoms with Crippen molar-refractivity contribution < 1.29 is 19.1 Å². The van der Waals surface area contributed by atoms with Crippen LogP contribution in [0.25, 0.3) is 11.0 Å². The fourth-order valence-corrected chi connectivity index (χ4v) is 2.59. The Morgan fingerprint density at radius 1 is 1.30 bits per heavy atom. The Morgan fingerprint density at radius 2 is 2.05 bits per heavy atom. The summed E-state index contributed by atoms with van der Waals surface area (Å²) in [6.45, 7) is 1.94. The molecule has 0 aliphatic carbocycles. The lowest BCUT2D eigenvalue weighted by Gasteiger charge is -2.22. The first-order chi connectivity index (χ1) is 9.75. The minimum Gasteiger partial charge on any atom is -0.478 e. The molecule has 0 radical (unpaired) electrons. The maximum atomic E-state index is 11.4. The van der Waals surface area contributed by atoms with E-state index in [4.69, 9.17) is 9.15 Å². The number of carboxylic acid groups (broad SMARTS) is 1. The average Bonchev–Trinajstić information content (AvgIpc) is 2.84. The number of benzene rings is 1. The SMILES string of the molecule is O=C(O)c1c(CNC2CCOCC2)oc2ccccc12. The molecule has 3 rings (SSSR count). The molecule has 0 saturated carbocycles. The van der Waals surface area contributed by atoms with Crippen LogP contribution in [0.4, 0.5) is 0 Å². The number of furan rings is 1. The molecule has 1 saturated heterocycles. The van der Waals surface area contributed by atoms with Gasteiger partial charge in [0.25, 0.3) is 0 Å². The Bertz CT molecular complexity index is 613. The second-order valence-corrected chi connectivity index (χ2v) is 4.97. The van der Waals surface area contributed by atoms with Gasteiger partial charge in [0, 0.05) is 24.6 Å². The zero-order valence-corrected chi connectivity index (χ0v) is 11.1. The summed E-state index contributed by atoms with van der Waals surface area (Å²) >= 11 is 0. The van der Waals surface area contributed by atoms with Crippen LogP contribution in [0.5, 0.6) is 0 Å². The number of para-hydroxylation sites is 1. The lowest BCUT2D eigenvalue weighted by molar-refractivity contribution is 0.0692. The number of carboxylic acids is 1. The standard InChI is InChI=1S/C15H17NO4/c17-15(18)14-11-3-1-2-4-12(11)20-13(14)9-16-10-5-7-19-8-6-10/h1-4,10,16H,5-9H2,(H,17,18). The molecule has 0 bridgehead atoms. The Hall–Kier alpha value is -1.85. The predicted molar refractivity (Wildman–Crippen MR) is 73.9 cm³/mol. The molecule has 106 valence electrons. The van der Waals surface area contributed by atoms with Gasteiger partial charge in [0.1, 0.15) is 16.9 Å². The smallest absolute Gasteiger partial charge is 0.339 e. The summed E-state index contributed by atoms with van der Waals surface area (Å²) in [7, 11) is 0. The van der Waals surface area contributed by atoms with Crippen LogP contribution < -0.4 is 5.32 Å². The van der Waals surface area contributed by atoms with E-state index in [-0.39, 0.29) is 5.56 Å². The molecule has 2 heterocycles. The van der Waals surface area contributed by atoms with Crippen LogP contribution in [-0.2, 0) is 11.3 Å². The van der Waals surface area contributed by atoms with Gasteiger partial charge in [-0.05, 0) is 18.9 Å². The lowest BCUT2D eigenvalue weighted by atomic mass is 10.1. The minimum absolute atomic E-state index is 0.264. The van der Waals surface area contributed by atoms with E-state index in [2.05, 4.69) is 5.32 Å². The highest BCUT2D eigenvalue weighted by atomic mass is 16.5. The zero-order chi connectivity index (χ0) is 13.9. The van der Waals surface area contributed by atoms with E-state index in [1.54, 1.807) is 12.1 Å². The second-order valence-electron chi connectivity index (χ2n) is 4.97. The Labute approximate surface area is 116 Å². The molecule has 2 N–H and O–H groups in total. The number of hydrogen-bond donors (Lipinski definition) is 2. The lowest BCUT2D eigenvalue weighted by Crippen LogP contribution is -2.34. The first kappa shape index (κ1) is 13.1. The molecule has 5 heteroatoms. The summed E-state index contributed by atoms with van der Waals surface area (Å²) in [5.74, 6) is -0.455. The van der Waals surface area contributed by atoms with Crippen LogP contribution in [0.15, 0.2) is 28.7 Å². The largest absolute Gasteiger partial charge is 0.478 e. The van der Waals surface area contributed by atoms with Gasteiger partial charge in [0.2, 0.25) is 0 Å². The van der Waals surface area contributed by atoms with Gasteiger partial charge in [0.15, 0.2) is 0 Å². The highest BCUT2D eigenvalue weighted by molar-refractivity contribution is 6.03. The third-order valence-electron chi connectivity index (χ3n) is 3.65. The van der Waals surface area contributed by atoms with E-state index in [9.17, 15) is 9.90 Å². The third-order valence-corrected chi connectivity index (χ3v) is 3.65. The van der Waals surface area contributed by atoms with Gasteiger partial charge in [0.05, 0.1) is 6.54 Å². The number of hydrogen-bond acceptors (Lipinski definition) is 4. The summed E-state index contributed by atoms with van der Waals surface area (Å²) in [6.07, 6.45) is 1.89. The Kier molecular flexibility index (Phi) is 3.71. The molecule has 1 aromatic carbocycles. The van der Waals surface area contributed by atoms with Crippen molar-refractivity contribution in [1.29, 1.82) is 0 Å². The van der Waals surface area contributed by atoms with Crippen molar-refractivity contribution in [3.63, 3.8) is 0 Å². The molecular weight excluding hydrogens is 258 g/mol. The number of rotatable bonds is 4. The van der Waals surface area contributed by atoms with Crippen molar-refractivity contribution in [2.24, 2.45) is 0 Å². The molecular formula is C15H17NO4. The van der Waals surface area contributed by atoms with Crippen molar-refractivity contribution in [2.45, 2.75) is 25.4 Å². The fourth-order valence-electron chi connectivity index (χ4n) is 2.59. The Morgan fingerprint density at radius 3 is 2.80 bits per heavy atom. The quantitative estimate of drug-likeness (QED) is 0.896. The predicted octanol–water partition coefficient (Wildman–Crippen LogP) is 2.40. The summed E-state index contributed by atoms with van der Waals surface area (Å²) in [6, 6.07) is 7.59. The van der Waals surface area contributed by atoms with E-state index in [0.717, 1.165) is 26.1 Å². The highest BCUT2D eigenvalue weighted by Gasteiger charge is 2.21. The summed E-state index contributed by atoms with van der Waals surface area (Å²) in [5.41, 5.74) is 0.883. The Balaban J connectivity index is 1.82. The molecule has 0 amide bonds. The first-order valence-corrected chi connectivity index (χ1v) is 6.80. The number of aromatic carboxylic acids is 1. The van der Waals surface area contributed by atoms with Crippen molar-refractivity contribution >= 4 is 16.9 Å². The van der Waals surface area contributed by atoms with Crippen LogP contribution in [-0.4, -0.2) is 30.3 Å². The molecule has 1 aromatic heterocycles. The number of nitrogens with one attached hydrogen (secondary N) is 1. The van der Waals surface area contributed by atoms with Crippen LogP contribution in [0.2, 0.25) is 0 Å². The molecule has 0 atom stereocenters. The molecule has 0 unspecified atom stereocenters. The number of fused-ring (bicyclic) bond motifs is 1. The van der Waals surface area contributed by atoms with E-state index >= 15 is 0 Å². The molecule has 1 aliphatic heterocycles. The van der Waals surface area contributed by atoms with E-state index < -0.39 is 5.97 Å². The second kappa shape index (κ2) is 5.64. The van der Waals surface area contributed by atoms with Gasteiger partial charge in [-0.2, -0.15) is 0 Å². The van der Waals surface area contributed by atoms with Crippen LogP contribution in [0.1, 0.15) is 29.0 Å². The van der Waals surface area contributed by atoms with Gasteiger partial charge in [-0.1, -0.05) is 18.2 Å². The molecule has 1 fully saturated rings. The minimum atomic E-state index is -0.946. The van der Waals surface area contributed by atoms with Crippen molar-refractivity contribution in [2.75, 3.05) is 13.2 Å². The van der Waals surface area contributed by atoms with E-state index in [0.29, 0.717) is 29.3 Å². The topological polar surface area (TPSA) is 71.7 Å². The maximum absolute atomic E-state index is 11.4. The summed E-state index contributed by atoms with van der Waals surface area (Å²) in [4.78, 5) is 11.4. The molecule has 1 aliphatic rings. The van der Waals surface area contributed by atoms with Gasteiger partial charge in [-0.15, -0.1) is 0 Å². The zero-order valence-electron chi connectivity index (χ0n) is 11.1. The molecule has 5 nitrogen and oxygen atoms in total. The maximum Gasteiger partial charge on any atom is 0.339 e. The van der Waals surface area contributed by atoms with Crippen molar-refractivity contribution in [3.8, 4) is 0 Å². The van der Waals surface area contributed by atoms with Crippen LogP contribution >= 0.6 is 0 Å². The highest BCUT2D eigenvalue weighted by Crippen LogP contribution is 2.26. The summed E-state index contributed by atoms with van der Waals surface area (Å²) < 4.78 is 11.0. The molecule has 0 spiro atoms. The van der Waals surface area contributed by atoms with Gasteiger partial charge in [-0.25, -0.2) is 4.79 Å². The van der Waals surface area contributed by atoms with Crippen molar-refractivity contribution in [3.05, 3.63) is 35.6 Å². The third kappa shape index (κ3) is 2.55. The monoisotopic (exact) mass is 275 g/mol. The van der Waals surface area contributed by atoms with Crippen LogP contribution in [0.3, 0.4) is 0 Å². The fraction of sp³-hybridized carbons (Fsp3) is 0.400. The average molecular weight is 275 g/mol. The van der Waals surface area contributed by atoms with Gasteiger partial charge in [-0.3, -0.25) is 0 Å². The number of ether oxygens (including phenoxy) is 1. The van der Waals surface area contributed by atoms with Crippen molar-refractivity contribution in [1.82, 2.24) is 5.32 Å². The normalized spacial score (nSPS) is 16.6. The van der Waals surface area contributed by atoms with Gasteiger partial charge < -0.3 is 19.6 Å². The summed E-state index contributed by atoms with van der Waals surface area (Å²) in [5, 5.41) is 13.4. The van der Waals surface area contributed by atoms with E-state index in [1.165, 1.54) is 0 Å². The van der Waals surface area contributed by atoms with E-state index in [1.807, 2.05) is 12.1 Å². The first-order valence-electron chi connectivity index (χ1n) is 6.80. The number of carbonyl (C=O) groups is 1. The molecule has 2 aromatic rings. The van der Waals surface area contributed by atoms with Crippen LogP contribution in [0, 0.1) is 0 Å². The van der Waals surface area contributed by atoms with Gasteiger partial charge >= 0.3 is 5.97 Å².